The molecule has 0 atom stereocenters. The number of hydrogen-bond acceptors (Lipinski definition) is 8. The molecule has 4 aromatic rings. The number of nitro benzene ring substituents is 1. The first-order valence-electron chi connectivity index (χ1n) is 8.85. The van der Waals surface area contributed by atoms with Crippen LogP contribution in [0, 0.1) is 10.1 Å². The van der Waals surface area contributed by atoms with Gasteiger partial charge in [-0.3, -0.25) is 10.1 Å². The van der Waals surface area contributed by atoms with Crippen molar-refractivity contribution in [3.8, 4) is 22.0 Å². The third kappa shape index (κ3) is 4.03. The highest BCUT2D eigenvalue weighted by Gasteiger charge is 2.20. The van der Waals surface area contributed by atoms with Crippen LogP contribution in [0.2, 0.25) is 0 Å². The molecule has 146 valence electrons. The predicted molar refractivity (Wildman–Crippen MR) is 113 cm³/mol. The van der Waals surface area contributed by atoms with E-state index in [2.05, 4.69) is 19.8 Å². The van der Waals surface area contributed by atoms with Gasteiger partial charge in [-0.25, -0.2) is 0 Å². The molecule has 2 aromatic heterocycles. The number of hydrogen-bond donors (Lipinski definition) is 0. The Hall–Kier alpha value is -3.11. The smallest absolute Gasteiger partial charge is 0.269 e. The Morgan fingerprint density at radius 2 is 1.83 bits per heavy atom. The average molecular weight is 425 g/mol. The molecule has 0 spiro atoms. The Kier molecular flexibility index (Phi) is 5.63. The van der Waals surface area contributed by atoms with Gasteiger partial charge in [-0.15, -0.1) is 15.3 Å². The predicted octanol–water partition coefficient (Wildman–Crippen LogP) is 4.68. The van der Waals surface area contributed by atoms with Crippen LogP contribution in [-0.2, 0) is 12.3 Å². The van der Waals surface area contributed by atoms with E-state index < -0.39 is 4.92 Å². The summed E-state index contributed by atoms with van der Waals surface area (Å²) in [5, 5.41) is 24.6. The summed E-state index contributed by atoms with van der Waals surface area (Å²) >= 11 is 2.84. The summed E-state index contributed by atoms with van der Waals surface area (Å²) in [6, 6.07) is 16.4. The second-order valence-electron chi connectivity index (χ2n) is 6.08. The second-order valence-corrected chi connectivity index (χ2v) is 7.78. The van der Waals surface area contributed by atoms with E-state index in [1.54, 1.807) is 23.9 Å². The minimum Gasteiger partial charge on any atom is -0.302 e. The maximum absolute atomic E-state index is 10.8. The molecular weight excluding hydrogens is 408 g/mol. The van der Waals surface area contributed by atoms with Gasteiger partial charge in [0.1, 0.15) is 10.6 Å². The molecule has 2 heterocycles. The Labute approximate surface area is 174 Å². The third-order valence-electron chi connectivity index (χ3n) is 4.29. The van der Waals surface area contributed by atoms with Crippen molar-refractivity contribution < 1.29 is 4.92 Å². The van der Waals surface area contributed by atoms with Crippen LogP contribution in [0.15, 0.2) is 59.8 Å². The minimum absolute atomic E-state index is 0.0869. The van der Waals surface area contributed by atoms with E-state index in [0.29, 0.717) is 12.3 Å². The summed E-state index contributed by atoms with van der Waals surface area (Å²) in [4.78, 5) is 11.3. The summed E-state index contributed by atoms with van der Waals surface area (Å²) in [5.74, 6) is 1.38. The number of benzene rings is 2. The van der Waals surface area contributed by atoms with Crippen LogP contribution in [0.5, 0.6) is 0 Å². The van der Waals surface area contributed by atoms with Crippen molar-refractivity contribution in [2.24, 2.45) is 0 Å². The fourth-order valence-corrected chi connectivity index (χ4v) is 4.47. The molecule has 2 aromatic carbocycles. The third-order valence-corrected chi connectivity index (χ3v) is 6.05. The molecule has 4 rings (SSSR count). The molecule has 8 nitrogen and oxygen atoms in total. The number of thioether (sulfide) groups is 1. The van der Waals surface area contributed by atoms with Crippen molar-refractivity contribution in [3.63, 3.8) is 0 Å². The minimum atomic E-state index is -0.398. The second kappa shape index (κ2) is 8.50. The molecular formula is C19H16N6O2S2. The Bertz CT molecular complexity index is 1130. The molecule has 0 radical (unpaired) electrons. The van der Waals surface area contributed by atoms with Crippen LogP contribution in [0.4, 0.5) is 5.69 Å². The summed E-state index contributed by atoms with van der Waals surface area (Å²) in [5.41, 5.74) is 2.85. The SMILES string of the molecule is CCn1c(SCc2ccc([N+](=O)[O-])cc2)nnc1-c1snnc1-c1ccccc1. The Morgan fingerprint density at radius 1 is 1.07 bits per heavy atom. The van der Waals surface area contributed by atoms with Gasteiger partial charge in [0.15, 0.2) is 11.0 Å². The normalized spacial score (nSPS) is 10.9. The van der Waals surface area contributed by atoms with Crippen LogP contribution in [0.25, 0.3) is 22.0 Å². The van der Waals surface area contributed by atoms with Crippen molar-refractivity contribution in [1.82, 2.24) is 24.4 Å². The quantitative estimate of drug-likeness (QED) is 0.241. The molecule has 29 heavy (non-hydrogen) atoms. The summed E-state index contributed by atoms with van der Waals surface area (Å²) in [6.45, 7) is 2.75. The van der Waals surface area contributed by atoms with Crippen molar-refractivity contribution in [3.05, 3.63) is 70.3 Å². The van der Waals surface area contributed by atoms with Crippen LogP contribution in [0.3, 0.4) is 0 Å². The zero-order valence-corrected chi connectivity index (χ0v) is 17.1. The maximum Gasteiger partial charge on any atom is 0.269 e. The first-order chi connectivity index (χ1) is 14.2. The standard InChI is InChI=1S/C19H16N6O2S2/c1-2-24-18(17-16(20-23-29-17)14-6-4-3-5-7-14)21-22-19(24)28-12-13-8-10-15(11-9-13)25(26)27/h3-11H,2,12H2,1H3. The van der Waals surface area contributed by atoms with Crippen LogP contribution >= 0.6 is 23.3 Å². The lowest BCUT2D eigenvalue weighted by molar-refractivity contribution is -0.384. The molecule has 0 unspecified atom stereocenters. The van der Waals surface area contributed by atoms with Gasteiger partial charge in [-0.1, -0.05) is 58.7 Å². The topological polar surface area (TPSA) is 99.6 Å². The molecule has 0 amide bonds. The van der Waals surface area contributed by atoms with Gasteiger partial charge in [0.2, 0.25) is 0 Å². The summed E-state index contributed by atoms with van der Waals surface area (Å²) in [7, 11) is 0. The van der Waals surface area contributed by atoms with Gasteiger partial charge in [0, 0.05) is 30.0 Å². The van der Waals surface area contributed by atoms with E-state index in [-0.39, 0.29) is 5.69 Å². The number of non-ortho nitro benzene ring substituents is 1. The largest absolute Gasteiger partial charge is 0.302 e. The lowest BCUT2D eigenvalue weighted by Gasteiger charge is -2.07. The number of rotatable bonds is 7. The van der Waals surface area contributed by atoms with E-state index in [1.165, 1.54) is 23.7 Å². The van der Waals surface area contributed by atoms with Crippen LogP contribution < -0.4 is 0 Å². The van der Waals surface area contributed by atoms with E-state index in [4.69, 9.17) is 0 Å². The number of nitro groups is 1. The molecule has 0 fully saturated rings. The van der Waals surface area contributed by atoms with E-state index in [0.717, 1.165) is 32.7 Å². The van der Waals surface area contributed by atoms with Crippen molar-refractivity contribution >= 4 is 29.0 Å². The van der Waals surface area contributed by atoms with Gasteiger partial charge >= 0.3 is 0 Å². The van der Waals surface area contributed by atoms with E-state index in [1.807, 2.05) is 41.8 Å². The molecule has 0 aliphatic rings. The molecule has 0 aliphatic carbocycles. The van der Waals surface area contributed by atoms with Gasteiger partial charge < -0.3 is 4.57 Å². The van der Waals surface area contributed by atoms with Gasteiger partial charge in [0.25, 0.3) is 5.69 Å². The first-order valence-corrected chi connectivity index (χ1v) is 10.6. The Morgan fingerprint density at radius 3 is 2.52 bits per heavy atom. The highest BCUT2D eigenvalue weighted by atomic mass is 32.2. The van der Waals surface area contributed by atoms with Crippen molar-refractivity contribution in [2.75, 3.05) is 0 Å². The first kappa shape index (κ1) is 19.2. The van der Waals surface area contributed by atoms with Gasteiger partial charge in [0.05, 0.1) is 4.92 Å². The maximum atomic E-state index is 10.8. The summed E-state index contributed by atoms with van der Waals surface area (Å²) in [6.07, 6.45) is 0. The highest BCUT2D eigenvalue weighted by molar-refractivity contribution is 7.98. The number of nitrogens with zero attached hydrogens (tertiary/aromatic N) is 6. The van der Waals surface area contributed by atoms with Crippen molar-refractivity contribution in [2.45, 2.75) is 24.4 Å². The van der Waals surface area contributed by atoms with Crippen LogP contribution in [-0.4, -0.2) is 29.3 Å². The lowest BCUT2D eigenvalue weighted by atomic mass is 10.1. The molecule has 10 heteroatoms. The van der Waals surface area contributed by atoms with Gasteiger partial charge in [-0.05, 0) is 24.0 Å². The molecule has 0 saturated heterocycles. The highest BCUT2D eigenvalue weighted by Crippen LogP contribution is 2.34. The zero-order valence-electron chi connectivity index (χ0n) is 15.4. The summed E-state index contributed by atoms with van der Waals surface area (Å²) < 4.78 is 6.16. The van der Waals surface area contributed by atoms with E-state index >= 15 is 0 Å². The van der Waals surface area contributed by atoms with Crippen molar-refractivity contribution in [1.29, 1.82) is 0 Å². The molecule has 0 N–H and O–H groups in total. The molecule has 0 aliphatic heterocycles. The van der Waals surface area contributed by atoms with Gasteiger partial charge in [-0.2, -0.15) is 0 Å². The average Bonchev–Trinajstić information content (AvgIpc) is 3.39. The molecule has 0 saturated carbocycles. The fourth-order valence-electron chi connectivity index (χ4n) is 2.83. The monoisotopic (exact) mass is 424 g/mol. The molecule has 0 bridgehead atoms. The number of aromatic nitrogens is 5. The zero-order chi connectivity index (χ0) is 20.2. The fraction of sp³-hybridized carbons (Fsp3) is 0.158. The lowest BCUT2D eigenvalue weighted by Crippen LogP contribution is -2.00. The Balaban J connectivity index is 1.58. The van der Waals surface area contributed by atoms with E-state index in [9.17, 15) is 10.1 Å². The van der Waals surface area contributed by atoms with Crippen LogP contribution in [0.1, 0.15) is 12.5 Å².